The average Bonchev–Trinajstić information content (AvgIpc) is 2.74. The summed E-state index contributed by atoms with van der Waals surface area (Å²) in [5, 5.41) is 4.05. The molecule has 0 aliphatic carbocycles. The first-order valence-corrected chi connectivity index (χ1v) is 10.2. The Morgan fingerprint density at radius 1 is 0.800 bits per heavy atom. The van der Waals surface area contributed by atoms with E-state index in [-0.39, 0.29) is 18.3 Å². The van der Waals surface area contributed by atoms with Gasteiger partial charge in [0, 0.05) is 22.9 Å². The van der Waals surface area contributed by atoms with Crippen LogP contribution in [-0.2, 0) is 22.4 Å². The summed E-state index contributed by atoms with van der Waals surface area (Å²) in [4.78, 5) is 28.2. The van der Waals surface area contributed by atoms with Gasteiger partial charge < -0.3 is 10.1 Å². The molecule has 0 radical (unpaired) electrons. The van der Waals surface area contributed by atoms with Crippen LogP contribution in [0.4, 0.5) is 5.82 Å². The summed E-state index contributed by atoms with van der Waals surface area (Å²) in [7, 11) is 0. The van der Waals surface area contributed by atoms with Gasteiger partial charge in [-0.15, -0.1) is 0 Å². The third kappa shape index (κ3) is 7.17. The van der Waals surface area contributed by atoms with Crippen LogP contribution in [-0.4, -0.2) is 16.9 Å². The van der Waals surface area contributed by atoms with Crippen LogP contribution in [0, 0.1) is 0 Å². The third-order valence-corrected chi connectivity index (χ3v) is 4.82. The molecule has 0 atom stereocenters. The molecule has 0 fully saturated rings. The number of pyridine rings is 1. The van der Waals surface area contributed by atoms with Crippen molar-refractivity contribution in [3.63, 3.8) is 0 Å². The van der Waals surface area contributed by atoms with E-state index < -0.39 is 0 Å². The predicted molar refractivity (Wildman–Crippen MR) is 118 cm³/mol. The Morgan fingerprint density at radius 3 is 1.90 bits per heavy atom. The number of nitrogens with zero attached hydrogens (tertiary/aromatic N) is 1. The van der Waals surface area contributed by atoms with E-state index in [9.17, 15) is 9.59 Å². The van der Waals surface area contributed by atoms with E-state index in [1.165, 1.54) is 6.20 Å². The lowest BCUT2D eigenvalue weighted by atomic mass is 10.1. The van der Waals surface area contributed by atoms with Crippen LogP contribution in [0.25, 0.3) is 0 Å². The molecule has 5 nitrogen and oxygen atoms in total. The van der Waals surface area contributed by atoms with Gasteiger partial charge in [-0.2, -0.15) is 0 Å². The maximum atomic E-state index is 12.1. The molecule has 0 spiro atoms. The summed E-state index contributed by atoms with van der Waals surface area (Å²) >= 11 is 11.7. The number of carbonyl (C=O) groups is 2. The fourth-order valence-electron chi connectivity index (χ4n) is 2.71. The predicted octanol–water partition coefficient (Wildman–Crippen LogP) is 5.50. The van der Waals surface area contributed by atoms with E-state index in [1.54, 1.807) is 36.4 Å². The highest BCUT2D eigenvalue weighted by molar-refractivity contribution is 6.30. The molecule has 0 unspecified atom stereocenters. The fourth-order valence-corrected chi connectivity index (χ4v) is 2.96. The molecule has 0 bridgehead atoms. The minimum atomic E-state index is -0.355. The van der Waals surface area contributed by atoms with Crippen LogP contribution in [0.2, 0.25) is 10.0 Å². The summed E-state index contributed by atoms with van der Waals surface area (Å²) in [6, 6.07) is 17.9. The van der Waals surface area contributed by atoms with Crippen molar-refractivity contribution in [2.24, 2.45) is 0 Å². The van der Waals surface area contributed by atoms with E-state index in [0.29, 0.717) is 40.9 Å². The molecule has 7 heteroatoms. The summed E-state index contributed by atoms with van der Waals surface area (Å²) < 4.78 is 5.28. The maximum Gasteiger partial charge on any atom is 0.311 e. The third-order valence-electron chi connectivity index (χ3n) is 4.32. The van der Waals surface area contributed by atoms with Gasteiger partial charge in [-0.25, -0.2) is 4.98 Å². The number of hydrogen-bond donors (Lipinski definition) is 1. The number of nitrogens with one attached hydrogen (secondary N) is 1. The maximum absolute atomic E-state index is 12.1. The first-order valence-electron chi connectivity index (χ1n) is 9.43. The van der Waals surface area contributed by atoms with Gasteiger partial charge in [-0.3, -0.25) is 9.59 Å². The van der Waals surface area contributed by atoms with Gasteiger partial charge in [-0.1, -0.05) is 47.5 Å². The number of aromatic nitrogens is 1. The van der Waals surface area contributed by atoms with Crippen LogP contribution in [0.15, 0.2) is 66.9 Å². The number of aryl methyl sites for hydroxylation is 2. The molecule has 0 saturated heterocycles. The minimum absolute atomic E-state index is 0.148. The van der Waals surface area contributed by atoms with Crippen molar-refractivity contribution < 1.29 is 14.3 Å². The van der Waals surface area contributed by atoms with E-state index >= 15 is 0 Å². The Morgan fingerprint density at radius 2 is 1.37 bits per heavy atom. The molecule has 1 aromatic heterocycles. The molecule has 0 saturated carbocycles. The summed E-state index contributed by atoms with van der Waals surface area (Å²) in [5.74, 6) is 0.226. The second-order valence-corrected chi connectivity index (χ2v) is 7.53. The van der Waals surface area contributed by atoms with Gasteiger partial charge >= 0.3 is 5.97 Å². The number of amides is 1. The Bertz CT molecular complexity index is 906. The number of carbonyl (C=O) groups excluding carboxylic acids is 2. The molecular formula is C23H20Cl2N2O3. The number of hydrogen-bond acceptors (Lipinski definition) is 4. The number of rotatable bonds is 8. The highest BCUT2D eigenvalue weighted by atomic mass is 35.5. The van der Waals surface area contributed by atoms with Crippen molar-refractivity contribution >= 4 is 40.9 Å². The van der Waals surface area contributed by atoms with Gasteiger partial charge in [-0.05, 0) is 60.4 Å². The van der Waals surface area contributed by atoms with Crippen LogP contribution < -0.4 is 10.1 Å². The summed E-state index contributed by atoms with van der Waals surface area (Å²) in [5.41, 5.74) is 2.04. The Labute approximate surface area is 185 Å². The summed E-state index contributed by atoms with van der Waals surface area (Å²) in [6.45, 7) is 0. The van der Waals surface area contributed by atoms with Crippen LogP contribution >= 0.6 is 23.2 Å². The lowest BCUT2D eigenvalue weighted by Crippen LogP contribution is -2.13. The van der Waals surface area contributed by atoms with Gasteiger partial charge in [0.05, 0.1) is 6.20 Å². The first-order chi connectivity index (χ1) is 14.5. The molecular weight excluding hydrogens is 423 g/mol. The highest BCUT2D eigenvalue weighted by Gasteiger charge is 2.08. The normalized spacial score (nSPS) is 10.5. The quantitative estimate of drug-likeness (QED) is 0.467. The Kier molecular flexibility index (Phi) is 7.82. The number of ether oxygens (including phenoxy) is 1. The van der Waals surface area contributed by atoms with Crippen LogP contribution in [0.1, 0.15) is 24.0 Å². The van der Waals surface area contributed by atoms with E-state index in [0.717, 1.165) is 11.1 Å². The number of esters is 1. The topological polar surface area (TPSA) is 68.3 Å². The van der Waals surface area contributed by atoms with Crippen molar-refractivity contribution in [1.29, 1.82) is 0 Å². The molecule has 154 valence electrons. The van der Waals surface area contributed by atoms with Crippen LogP contribution in [0.5, 0.6) is 5.75 Å². The Hall–Kier alpha value is -2.89. The van der Waals surface area contributed by atoms with Crippen molar-refractivity contribution in [3.8, 4) is 5.75 Å². The standard InChI is InChI=1S/C23H20Cl2N2O3/c24-18-7-1-16(2-8-18)5-13-22(28)27-21-12-11-20(15-26-21)30-23(29)14-6-17-3-9-19(25)10-4-17/h1-4,7-12,15H,5-6,13-14H2,(H,26,27,28). The van der Waals surface area contributed by atoms with Gasteiger partial charge in [0.1, 0.15) is 11.6 Å². The fraction of sp³-hybridized carbons (Fsp3) is 0.174. The zero-order chi connectivity index (χ0) is 21.3. The van der Waals surface area contributed by atoms with Crippen molar-refractivity contribution in [2.75, 3.05) is 5.32 Å². The van der Waals surface area contributed by atoms with E-state index in [2.05, 4.69) is 10.3 Å². The Balaban J connectivity index is 1.42. The smallest absolute Gasteiger partial charge is 0.311 e. The molecule has 3 rings (SSSR count). The molecule has 3 aromatic rings. The van der Waals surface area contributed by atoms with Gasteiger partial charge in [0.2, 0.25) is 5.91 Å². The molecule has 1 heterocycles. The molecule has 30 heavy (non-hydrogen) atoms. The summed E-state index contributed by atoms with van der Waals surface area (Å²) in [6.07, 6.45) is 3.14. The number of halogens is 2. The van der Waals surface area contributed by atoms with Crippen molar-refractivity contribution in [2.45, 2.75) is 25.7 Å². The SMILES string of the molecule is O=C(CCc1ccc(Cl)cc1)Nc1ccc(OC(=O)CCc2ccc(Cl)cc2)cn1. The van der Waals surface area contributed by atoms with Gasteiger partial charge in [0.15, 0.2) is 0 Å². The second-order valence-electron chi connectivity index (χ2n) is 6.65. The lowest BCUT2D eigenvalue weighted by Gasteiger charge is -2.07. The second kappa shape index (κ2) is 10.8. The zero-order valence-corrected chi connectivity index (χ0v) is 17.6. The van der Waals surface area contributed by atoms with E-state index in [4.69, 9.17) is 27.9 Å². The zero-order valence-electron chi connectivity index (χ0n) is 16.1. The first kappa shape index (κ1) is 21.8. The van der Waals surface area contributed by atoms with Crippen molar-refractivity contribution in [1.82, 2.24) is 4.98 Å². The molecule has 2 aromatic carbocycles. The monoisotopic (exact) mass is 442 g/mol. The highest BCUT2D eigenvalue weighted by Crippen LogP contribution is 2.16. The van der Waals surface area contributed by atoms with Gasteiger partial charge in [0.25, 0.3) is 0 Å². The average molecular weight is 443 g/mol. The van der Waals surface area contributed by atoms with Crippen LogP contribution in [0.3, 0.4) is 0 Å². The minimum Gasteiger partial charge on any atom is -0.425 e. The molecule has 0 aliphatic rings. The molecule has 1 amide bonds. The number of benzene rings is 2. The molecule has 1 N–H and O–H groups in total. The molecule has 0 aliphatic heterocycles. The van der Waals surface area contributed by atoms with E-state index in [1.807, 2.05) is 24.3 Å². The van der Waals surface area contributed by atoms with Crippen molar-refractivity contribution in [3.05, 3.63) is 88.0 Å². The largest absolute Gasteiger partial charge is 0.425 e. The number of anilines is 1. The lowest BCUT2D eigenvalue weighted by molar-refractivity contribution is -0.134.